The van der Waals surface area contributed by atoms with Crippen LogP contribution in [0.2, 0.25) is 0 Å². The van der Waals surface area contributed by atoms with Crippen LogP contribution in [-0.2, 0) is 29.4 Å². The Hall–Kier alpha value is -4.11. The van der Waals surface area contributed by atoms with Crippen molar-refractivity contribution in [3.05, 3.63) is 107 Å². The van der Waals surface area contributed by atoms with Crippen LogP contribution >= 0.6 is 11.7 Å². The second kappa shape index (κ2) is 27.3. The van der Waals surface area contributed by atoms with Gasteiger partial charge in [0.15, 0.2) is 0 Å². The van der Waals surface area contributed by atoms with Crippen molar-refractivity contribution in [1.29, 1.82) is 0 Å². The Morgan fingerprint density at radius 2 is 0.576 bits per heavy atom. The van der Waals surface area contributed by atoms with Crippen molar-refractivity contribution in [2.75, 3.05) is 0 Å². The minimum Gasteiger partial charge on any atom is -0.399 e. The number of nitrogens with zero attached hydrogens (tertiary/aromatic N) is 2. The highest BCUT2D eigenvalue weighted by atomic mass is 32.1. The molecule has 0 spiro atoms. The smallest absolute Gasteiger partial charge is 0.399 e. The van der Waals surface area contributed by atoms with Gasteiger partial charge < -0.3 is 18.6 Å². The summed E-state index contributed by atoms with van der Waals surface area (Å²) in [6, 6.07) is 34.0. The summed E-state index contributed by atoms with van der Waals surface area (Å²) in [5.74, 6) is 0. The number of hydrogen-bond donors (Lipinski definition) is 0. The van der Waals surface area contributed by atoms with E-state index in [0.717, 1.165) is 47.6 Å². The molecule has 6 aromatic rings. The maximum absolute atomic E-state index is 6.78. The highest BCUT2D eigenvalue weighted by Crippen LogP contribution is 2.57. The first kappa shape index (κ1) is 63.9. The van der Waals surface area contributed by atoms with E-state index in [2.05, 4.69) is 168 Å². The van der Waals surface area contributed by atoms with Gasteiger partial charge in [-0.25, -0.2) is 0 Å². The Balaban J connectivity index is 1.04. The number of aromatic nitrogens is 2. The van der Waals surface area contributed by atoms with Gasteiger partial charge in [-0.2, -0.15) is 8.75 Å². The fourth-order valence-electron chi connectivity index (χ4n) is 15.1. The largest absolute Gasteiger partial charge is 0.494 e. The van der Waals surface area contributed by atoms with Gasteiger partial charge in [-0.15, -0.1) is 0 Å². The number of hydrogen-bond acceptors (Lipinski definition) is 7. The van der Waals surface area contributed by atoms with Crippen LogP contribution in [0.4, 0.5) is 0 Å². The summed E-state index contributed by atoms with van der Waals surface area (Å²) in [6.07, 6.45) is 35.3. The van der Waals surface area contributed by atoms with Crippen LogP contribution in [0, 0.1) is 0 Å². The molecule has 0 saturated carbocycles. The summed E-state index contributed by atoms with van der Waals surface area (Å²) < 4.78 is 37.6. The van der Waals surface area contributed by atoms with Gasteiger partial charge in [0.25, 0.3) is 0 Å². The van der Waals surface area contributed by atoms with Crippen LogP contribution in [0.5, 0.6) is 0 Å². The van der Waals surface area contributed by atoms with Gasteiger partial charge in [0, 0.05) is 22.0 Å². The van der Waals surface area contributed by atoms with E-state index in [4.69, 9.17) is 27.4 Å². The van der Waals surface area contributed by atoms with E-state index in [0.29, 0.717) is 0 Å². The van der Waals surface area contributed by atoms with Crippen LogP contribution in [-0.4, -0.2) is 45.4 Å². The number of fused-ring (bicyclic) bond motifs is 7. The molecule has 3 heterocycles. The molecule has 0 bridgehead atoms. The molecular formula is C76H106B2N2O4S. The molecule has 1 aromatic heterocycles. The third kappa shape index (κ3) is 13.0. The molecule has 0 N–H and O–H groups in total. The molecule has 2 aliphatic carbocycles. The standard InChI is InChI=1S/C76H106B2N2O4S/c1-13-17-21-25-29-33-47-75(48-34-30-26-22-18-14-2)65-51-55(37-41-61(65)63-43-39-57(53-67(63)75)77-81-71(5,6)72(7,8)82-77)59-45-46-60(70-69(59)79-85-80-70)56-38-42-62-64-44-40-58(78-83-73(9,10)74(11,12)84-78)54-68(64)76(66(62)52-56,49-35-31-27-23-19-15-3)50-36-32-28-24-20-16-4/h37-46,51-54H,13-36,47-50H2,1-12H3. The number of unbranched alkanes of at least 4 members (excludes halogenated alkanes) is 20. The molecule has 0 unspecified atom stereocenters. The van der Waals surface area contributed by atoms with Crippen molar-refractivity contribution >= 4 is 47.9 Å². The highest BCUT2D eigenvalue weighted by Gasteiger charge is 2.54. The van der Waals surface area contributed by atoms with Crippen molar-refractivity contribution in [2.24, 2.45) is 0 Å². The van der Waals surface area contributed by atoms with E-state index in [1.165, 1.54) is 233 Å². The van der Waals surface area contributed by atoms with E-state index >= 15 is 0 Å². The lowest BCUT2D eigenvalue weighted by atomic mass is 9.68. The van der Waals surface area contributed by atoms with Crippen LogP contribution < -0.4 is 10.9 Å². The zero-order valence-electron chi connectivity index (χ0n) is 55.0. The van der Waals surface area contributed by atoms with Gasteiger partial charge in [0.05, 0.1) is 34.1 Å². The second-order valence-corrected chi connectivity index (χ2v) is 29.2. The maximum atomic E-state index is 6.78. The van der Waals surface area contributed by atoms with Gasteiger partial charge in [0.2, 0.25) is 0 Å². The third-order valence-electron chi connectivity index (χ3n) is 21.7. The Bertz CT molecular complexity index is 2940. The first-order valence-electron chi connectivity index (χ1n) is 34.5. The van der Waals surface area contributed by atoms with Gasteiger partial charge in [-0.3, -0.25) is 0 Å². The predicted octanol–water partition coefficient (Wildman–Crippen LogP) is 21.2. The van der Waals surface area contributed by atoms with E-state index in [9.17, 15) is 0 Å². The Labute approximate surface area is 520 Å². The summed E-state index contributed by atoms with van der Waals surface area (Å²) in [6.45, 7) is 26.7. The molecule has 0 atom stereocenters. The zero-order chi connectivity index (χ0) is 60.0. The summed E-state index contributed by atoms with van der Waals surface area (Å²) >= 11 is 1.36. The number of rotatable bonds is 32. The molecule has 2 fully saturated rings. The predicted molar refractivity (Wildman–Crippen MR) is 364 cm³/mol. The molecule has 9 heteroatoms. The summed E-state index contributed by atoms with van der Waals surface area (Å²) in [7, 11) is -0.810. The Kier molecular flexibility index (Phi) is 20.5. The molecule has 10 rings (SSSR count). The normalized spacial score (nSPS) is 18.1. The quantitative estimate of drug-likeness (QED) is 0.0310. The van der Waals surface area contributed by atoms with Crippen molar-refractivity contribution in [3.8, 4) is 44.5 Å². The van der Waals surface area contributed by atoms with Crippen LogP contribution in [0.25, 0.3) is 55.5 Å². The molecule has 0 amide bonds. The van der Waals surface area contributed by atoms with E-state index in [-0.39, 0.29) is 10.8 Å². The average Bonchev–Trinajstić information content (AvgIpc) is 1.64. The topological polar surface area (TPSA) is 62.7 Å². The monoisotopic (exact) mass is 1160 g/mol. The zero-order valence-corrected chi connectivity index (χ0v) is 55.8. The maximum Gasteiger partial charge on any atom is 0.494 e. The van der Waals surface area contributed by atoms with Crippen LogP contribution in [0.15, 0.2) is 84.9 Å². The van der Waals surface area contributed by atoms with E-state index in [1.807, 2.05) is 0 Å². The molecule has 85 heavy (non-hydrogen) atoms. The van der Waals surface area contributed by atoms with Gasteiger partial charge in [-0.1, -0.05) is 255 Å². The first-order valence-corrected chi connectivity index (χ1v) is 35.2. The molecular weight excluding hydrogens is 1060 g/mol. The fraction of sp³-hybridized carbons (Fsp3) is 0.605. The Morgan fingerprint density at radius 3 is 0.882 bits per heavy atom. The molecule has 4 aliphatic rings. The van der Waals surface area contributed by atoms with Gasteiger partial charge in [0.1, 0.15) is 11.0 Å². The van der Waals surface area contributed by atoms with Gasteiger partial charge in [-0.05, 0) is 160 Å². The Morgan fingerprint density at radius 1 is 0.318 bits per heavy atom. The van der Waals surface area contributed by atoms with Crippen molar-refractivity contribution in [1.82, 2.24) is 8.75 Å². The van der Waals surface area contributed by atoms with E-state index < -0.39 is 36.6 Å². The van der Waals surface area contributed by atoms with Crippen LogP contribution in [0.3, 0.4) is 0 Å². The van der Waals surface area contributed by atoms with Crippen molar-refractivity contribution in [3.63, 3.8) is 0 Å². The molecule has 456 valence electrons. The summed E-state index contributed by atoms with van der Waals surface area (Å²) in [4.78, 5) is 0. The fourth-order valence-corrected chi connectivity index (χ4v) is 15.7. The third-order valence-corrected chi connectivity index (χ3v) is 22.2. The minimum absolute atomic E-state index is 0.125. The molecule has 0 radical (unpaired) electrons. The lowest BCUT2D eigenvalue weighted by Gasteiger charge is -2.33. The SMILES string of the molecule is CCCCCCCCC1(CCCCCCCC)c2cc(B3OC(C)(C)C(C)(C)O3)ccc2-c2ccc(-c3ccc(-c4ccc5c(c4)C(CCCCCCCC)(CCCCCCCC)c4cc(B6OC(C)(C)C(C)(C)O6)ccc4-5)c4nsnc34)cc21. The lowest BCUT2D eigenvalue weighted by molar-refractivity contribution is 0.00578. The highest BCUT2D eigenvalue weighted by molar-refractivity contribution is 7.00. The molecule has 2 saturated heterocycles. The van der Waals surface area contributed by atoms with Gasteiger partial charge >= 0.3 is 14.2 Å². The minimum atomic E-state index is -0.410. The second-order valence-electron chi connectivity index (χ2n) is 28.7. The van der Waals surface area contributed by atoms with E-state index in [1.54, 1.807) is 0 Å². The van der Waals surface area contributed by atoms with Crippen molar-refractivity contribution < 1.29 is 18.6 Å². The molecule has 5 aromatic carbocycles. The number of benzene rings is 5. The first-order chi connectivity index (χ1) is 40.9. The lowest BCUT2D eigenvalue weighted by Crippen LogP contribution is -2.41. The average molecular weight is 1170 g/mol. The van der Waals surface area contributed by atoms with Crippen LogP contribution in [0.1, 0.15) is 285 Å². The summed E-state index contributed by atoms with van der Waals surface area (Å²) in [5.41, 5.74) is 18.6. The summed E-state index contributed by atoms with van der Waals surface area (Å²) in [5, 5.41) is 0. The molecule has 6 nitrogen and oxygen atoms in total. The van der Waals surface area contributed by atoms with Crippen molar-refractivity contribution in [2.45, 2.75) is 296 Å². The molecule has 2 aliphatic heterocycles.